The molecular weight excluding hydrogens is 458 g/mol. The third-order valence-corrected chi connectivity index (χ3v) is 6.31. The molecule has 0 radical (unpaired) electrons. The van der Waals surface area contributed by atoms with Gasteiger partial charge in [0.1, 0.15) is 5.57 Å². The molecule has 2 aliphatic heterocycles. The van der Waals surface area contributed by atoms with E-state index in [1.54, 1.807) is 12.1 Å². The highest BCUT2D eigenvalue weighted by atomic mass is 35.5. The number of barbiturate groups is 1. The summed E-state index contributed by atoms with van der Waals surface area (Å²) in [6.07, 6.45) is 1.50. The number of nitrogens with one attached hydrogen (secondary N) is 1. The molecule has 0 aliphatic carbocycles. The van der Waals surface area contributed by atoms with Gasteiger partial charge in [-0.05, 0) is 68.3 Å². The van der Waals surface area contributed by atoms with Gasteiger partial charge >= 0.3 is 6.03 Å². The second-order valence-corrected chi connectivity index (χ2v) is 8.50. The van der Waals surface area contributed by atoms with E-state index in [0.717, 1.165) is 27.5 Å². The van der Waals surface area contributed by atoms with Gasteiger partial charge in [0.2, 0.25) is 6.79 Å². The molecular formula is C25H20ClN3O5. The standard InChI is InChI=1S/C25H20ClN3O5/c1-13-4-5-17(10-20(13)26)29-24(31)19(23(30)27-25(29)32)9-16-8-14(2)28(15(16)3)18-6-7-21-22(11-18)34-12-33-21/h4-11H,12H2,1-3H3,(H,27,30,32)/b19-9-. The van der Waals surface area contributed by atoms with Crippen LogP contribution in [0.4, 0.5) is 10.5 Å². The molecule has 4 amide bonds. The molecule has 1 fully saturated rings. The van der Waals surface area contributed by atoms with Crippen LogP contribution in [0.5, 0.6) is 11.5 Å². The molecule has 1 N–H and O–H groups in total. The number of amides is 4. The fraction of sp³-hybridized carbons (Fsp3) is 0.160. The van der Waals surface area contributed by atoms with Gasteiger partial charge in [0, 0.05) is 28.2 Å². The topological polar surface area (TPSA) is 89.9 Å². The van der Waals surface area contributed by atoms with Crippen LogP contribution in [-0.2, 0) is 9.59 Å². The number of carbonyl (C=O) groups is 3. The summed E-state index contributed by atoms with van der Waals surface area (Å²) in [6, 6.07) is 11.5. The van der Waals surface area contributed by atoms with Crippen LogP contribution in [0, 0.1) is 20.8 Å². The zero-order valence-corrected chi connectivity index (χ0v) is 19.4. The van der Waals surface area contributed by atoms with Crippen LogP contribution in [0.2, 0.25) is 5.02 Å². The molecule has 0 saturated carbocycles. The van der Waals surface area contributed by atoms with Gasteiger partial charge in [0.15, 0.2) is 11.5 Å². The third-order valence-electron chi connectivity index (χ3n) is 5.90. The highest BCUT2D eigenvalue weighted by Gasteiger charge is 2.37. The van der Waals surface area contributed by atoms with Crippen molar-refractivity contribution in [2.45, 2.75) is 20.8 Å². The summed E-state index contributed by atoms with van der Waals surface area (Å²) in [7, 11) is 0. The first-order valence-electron chi connectivity index (χ1n) is 10.5. The number of rotatable bonds is 3. The quantitative estimate of drug-likeness (QED) is 0.444. The molecule has 0 spiro atoms. The minimum atomic E-state index is -0.821. The van der Waals surface area contributed by atoms with Crippen molar-refractivity contribution in [1.82, 2.24) is 9.88 Å². The number of fused-ring (bicyclic) bond motifs is 1. The Hall–Kier alpha value is -4.04. The summed E-state index contributed by atoms with van der Waals surface area (Å²) in [6.45, 7) is 5.80. The normalized spacial score (nSPS) is 16.4. The first kappa shape index (κ1) is 21.8. The van der Waals surface area contributed by atoms with E-state index in [1.807, 2.05) is 49.6 Å². The predicted molar refractivity (Wildman–Crippen MR) is 127 cm³/mol. The number of ether oxygens (including phenoxy) is 2. The average Bonchev–Trinajstić information content (AvgIpc) is 3.36. The molecule has 2 aromatic carbocycles. The lowest BCUT2D eigenvalue weighted by Crippen LogP contribution is -2.54. The number of hydrogen-bond donors (Lipinski definition) is 1. The van der Waals surface area contributed by atoms with Crippen LogP contribution in [0.25, 0.3) is 11.8 Å². The fourth-order valence-electron chi connectivity index (χ4n) is 4.12. The van der Waals surface area contributed by atoms with Gasteiger partial charge in [0.05, 0.1) is 5.69 Å². The van der Waals surface area contributed by atoms with Crippen molar-refractivity contribution in [3.63, 3.8) is 0 Å². The molecule has 0 atom stereocenters. The minimum absolute atomic E-state index is 0.151. The predicted octanol–water partition coefficient (Wildman–Crippen LogP) is 4.45. The summed E-state index contributed by atoms with van der Waals surface area (Å²) in [4.78, 5) is 39.3. The van der Waals surface area contributed by atoms with Crippen LogP contribution < -0.4 is 19.7 Å². The number of benzene rings is 2. The maximum atomic E-state index is 13.2. The van der Waals surface area contributed by atoms with E-state index < -0.39 is 17.8 Å². The van der Waals surface area contributed by atoms with Crippen LogP contribution in [0.1, 0.15) is 22.5 Å². The Morgan fingerprint density at radius 2 is 1.68 bits per heavy atom. The van der Waals surface area contributed by atoms with Gasteiger partial charge in [-0.3, -0.25) is 14.9 Å². The molecule has 1 saturated heterocycles. The van der Waals surface area contributed by atoms with Crippen LogP contribution in [0.15, 0.2) is 48.0 Å². The molecule has 5 rings (SSSR count). The van der Waals surface area contributed by atoms with Crippen molar-refractivity contribution >= 4 is 41.2 Å². The molecule has 2 aliphatic rings. The lowest BCUT2D eigenvalue weighted by molar-refractivity contribution is -0.122. The van der Waals surface area contributed by atoms with Gasteiger partial charge in [-0.25, -0.2) is 9.69 Å². The van der Waals surface area contributed by atoms with Crippen LogP contribution in [-0.4, -0.2) is 29.2 Å². The van der Waals surface area contributed by atoms with Gasteiger partial charge in [-0.15, -0.1) is 0 Å². The van der Waals surface area contributed by atoms with E-state index >= 15 is 0 Å². The van der Waals surface area contributed by atoms with Crippen molar-refractivity contribution < 1.29 is 23.9 Å². The van der Waals surface area contributed by atoms with Crippen molar-refractivity contribution in [3.05, 3.63) is 75.6 Å². The average molecular weight is 478 g/mol. The second kappa shape index (κ2) is 8.07. The molecule has 0 unspecified atom stereocenters. The van der Waals surface area contributed by atoms with Gasteiger partial charge in [0.25, 0.3) is 11.8 Å². The first-order valence-corrected chi connectivity index (χ1v) is 10.9. The summed E-state index contributed by atoms with van der Waals surface area (Å²) in [5.74, 6) is -0.143. The van der Waals surface area contributed by atoms with E-state index in [-0.39, 0.29) is 18.1 Å². The molecule has 34 heavy (non-hydrogen) atoms. The largest absolute Gasteiger partial charge is 0.454 e. The summed E-state index contributed by atoms with van der Waals surface area (Å²) < 4.78 is 12.9. The number of carbonyl (C=O) groups excluding carboxylic acids is 3. The van der Waals surface area contributed by atoms with E-state index in [1.165, 1.54) is 12.1 Å². The Balaban J connectivity index is 1.54. The van der Waals surface area contributed by atoms with Gasteiger partial charge in [-0.1, -0.05) is 17.7 Å². The van der Waals surface area contributed by atoms with Crippen molar-refractivity contribution in [2.24, 2.45) is 0 Å². The number of imide groups is 2. The van der Waals surface area contributed by atoms with Crippen molar-refractivity contribution in [1.29, 1.82) is 0 Å². The fourth-order valence-corrected chi connectivity index (χ4v) is 4.30. The number of aryl methyl sites for hydroxylation is 2. The third kappa shape index (κ3) is 3.52. The lowest BCUT2D eigenvalue weighted by atomic mass is 10.1. The summed E-state index contributed by atoms with van der Waals surface area (Å²) >= 11 is 6.19. The molecule has 9 heteroatoms. The van der Waals surface area contributed by atoms with Gasteiger partial charge < -0.3 is 14.0 Å². The van der Waals surface area contributed by atoms with E-state index in [2.05, 4.69) is 5.32 Å². The highest BCUT2D eigenvalue weighted by molar-refractivity contribution is 6.39. The number of aromatic nitrogens is 1. The number of urea groups is 1. The van der Waals surface area contributed by atoms with Crippen molar-refractivity contribution in [3.8, 4) is 17.2 Å². The Labute approximate surface area is 200 Å². The molecule has 3 aromatic rings. The highest BCUT2D eigenvalue weighted by Crippen LogP contribution is 2.35. The number of hydrogen-bond acceptors (Lipinski definition) is 5. The maximum absolute atomic E-state index is 13.2. The Morgan fingerprint density at radius 3 is 2.44 bits per heavy atom. The lowest BCUT2D eigenvalue weighted by Gasteiger charge is -2.26. The summed E-state index contributed by atoms with van der Waals surface area (Å²) in [5.41, 5.74) is 4.17. The Kier molecular flexibility index (Phi) is 5.17. The summed E-state index contributed by atoms with van der Waals surface area (Å²) in [5, 5.41) is 2.65. The molecule has 0 bridgehead atoms. The minimum Gasteiger partial charge on any atom is -0.454 e. The number of nitrogens with zero attached hydrogens (tertiary/aromatic N) is 2. The zero-order valence-electron chi connectivity index (χ0n) is 18.6. The maximum Gasteiger partial charge on any atom is 0.335 e. The number of anilines is 1. The SMILES string of the molecule is Cc1ccc(N2C(=O)NC(=O)/C(=C/c3cc(C)n(-c4ccc5c(c4)OCO5)c3C)C2=O)cc1Cl. The number of halogens is 1. The van der Waals surface area contributed by atoms with E-state index in [9.17, 15) is 14.4 Å². The molecule has 3 heterocycles. The van der Waals surface area contributed by atoms with Crippen molar-refractivity contribution in [2.75, 3.05) is 11.7 Å². The molecule has 8 nitrogen and oxygen atoms in total. The van der Waals surface area contributed by atoms with Crippen LogP contribution >= 0.6 is 11.6 Å². The second-order valence-electron chi connectivity index (χ2n) is 8.09. The smallest absolute Gasteiger partial charge is 0.335 e. The van der Waals surface area contributed by atoms with E-state index in [0.29, 0.717) is 22.1 Å². The first-order chi connectivity index (χ1) is 16.2. The monoisotopic (exact) mass is 477 g/mol. The van der Waals surface area contributed by atoms with E-state index in [4.69, 9.17) is 21.1 Å². The van der Waals surface area contributed by atoms with Crippen LogP contribution in [0.3, 0.4) is 0 Å². The van der Waals surface area contributed by atoms with Gasteiger partial charge in [-0.2, -0.15) is 0 Å². The Bertz CT molecular complexity index is 1420. The molecule has 1 aromatic heterocycles. The molecule has 172 valence electrons. The zero-order chi connectivity index (χ0) is 24.1. The Morgan fingerprint density at radius 1 is 0.941 bits per heavy atom.